The van der Waals surface area contributed by atoms with E-state index in [4.69, 9.17) is 12.2 Å². The standard InChI is InChI=1S/C24H19N5O2S/c30-29(31)19-13-11-17(12-14-19)27-16-6-10-21(27)23-22(20-9-4-5-15-25-20)26-24(32)28(23)18-7-2-1-3-8-18/h1-16,22-23H,(H,26,32)/t22-,23-/m0/s1. The summed E-state index contributed by atoms with van der Waals surface area (Å²) in [5.74, 6) is 0. The Bertz CT molecular complexity index is 1260. The number of nitrogens with one attached hydrogen (secondary N) is 1. The molecule has 0 bridgehead atoms. The average molecular weight is 442 g/mol. The molecule has 4 aromatic rings. The van der Waals surface area contributed by atoms with Crippen molar-refractivity contribution < 1.29 is 4.92 Å². The fourth-order valence-corrected chi connectivity index (χ4v) is 4.47. The Morgan fingerprint density at radius 1 is 0.906 bits per heavy atom. The van der Waals surface area contributed by atoms with E-state index in [9.17, 15) is 10.1 Å². The number of hydrogen-bond donors (Lipinski definition) is 1. The van der Waals surface area contributed by atoms with Gasteiger partial charge < -0.3 is 14.8 Å². The summed E-state index contributed by atoms with van der Waals surface area (Å²) in [7, 11) is 0. The minimum absolute atomic E-state index is 0.0587. The van der Waals surface area contributed by atoms with Gasteiger partial charge >= 0.3 is 0 Å². The second kappa shape index (κ2) is 8.24. The van der Waals surface area contributed by atoms with Crippen molar-refractivity contribution in [2.24, 2.45) is 0 Å². The van der Waals surface area contributed by atoms with E-state index < -0.39 is 4.92 Å². The van der Waals surface area contributed by atoms with E-state index in [1.807, 2.05) is 71.4 Å². The van der Waals surface area contributed by atoms with E-state index in [0.29, 0.717) is 5.11 Å². The van der Waals surface area contributed by atoms with Gasteiger partial charge in [0, 0.05) is 41.6 Å². The lowest BCUT2D eigenvalue weighted by atomic mass is 10.0. The third-order valence-electron chi connectivity index (χ3n) is 5.55. The van der Waals surface area contributed by atoms with E-state index in [-0.39, 0.29) is 17.8 Å². The fraction of sp³-hybridized carbons (Fsp3) is 0.0833. The number of nitrogens with zero attached hydrogens (tertiary/aromatic N) is 4. The smallest absolute Gasteiger partial charge is 0.269 e. The van der Waals surface area contributed by atoms with Crippen LogP contribution in [0, 0.1) is 10.1 Å². The number of para-hydroxylation sites is 1. The van der Waals surface area contributed by atoms with E-state index >= 15 is 0 Å². The van der Waals surface area contributed by atoms with Gasteiger partial charge in [0.05, 0.1) is 16.7 Å². The number of pyridine rings is 1. The molecule has 32 heavy (non-hydrogen) atoms. The number of non-ortho nitro benzene ring substituents is 1. The number of thiocarbonyl (C=S) groups is 1. The average Bonchev–Trinajstić information content (AvgIpc) is 3.44. The minimum atomic E-state index is -0.395. The van der Waals surface area contributed by atoms with Crippen molar-refractivity contribution in [2.75, 3.05) is 4.90 Å². The third-order valence-corrected chi connectivity index (χ3v) is 5.87. The molecule has 8 heteroatoms. The summed E-state index contributed by atoms with van der Waals surface area (Å²) in [6.45, 7) is 0. The molecule has 158 valence electrons. The van der Waals surface area contributed by atoms with Crippen LogP contribution in [0.5, 0.6) is 0 Å². The van der Waals surface area contributed by atoms with E-state index in [2.05, 4.69) is 15.2 Å². The second-order valence-corrected chi connectivity index (χ2v) is 7.80. The van der Waals surface area contributed by atoms with Gasteiger partial charge in [-0.2, -0.15) is 0 Å². The Morgan fingerprint density at radius 2 is 1.66 bits per heavy atom. The fourth-order valence-electron chi connectivity index (χ4n) is 4.13. The highest BCUT2D eigenvalue weighted by Crippen LogP contribution is 2.42. The number of nitro benzene ring substituents is 1. The number of hydrogen-bond acceptors (Lipinski definition) is 4. The maximum atomic E-state index is 11.1. The van der Waals surface area contributed by atoms with E-state index in [1.165, 1.54) is 12.1 Å². The molecule has 0 radical (unpaired) electrons. The highest BCUT2D eigenvalue weighted by molar-refractivity contribution is 7.80. The van der Waals surface area contributed by atoms with Crippen molar-refractivity contribution in [2.45, 2.75) is 12.1 Å². The molecule has 1 N–H and O–H groups in total. The molecule has 2 aromatic carbocycles. The van der Waals surface area contributed by atoms with Crippen LogP contribution in [0.3, 0.4) is 0 Å². The first-order valence-electron chi connectivity index (χ1n) is 10.1. The molecule has 0 unspecified atom stereocenters. The van der Waals surface area contributed by atoms with Crippen molar-refractivity contribution in [3.8, 4) is 5.69 Å². The first kappa shape index (κ1) is 19.9. The van der Waals surface area contributed by atoms with Gasteiger partial charge in [0.15, 0.2) is 5.11 Å². The lowest BCUT2D eigenvalue weighted by Gasteiger charge is -2.29. The summed E-state index contributed by atoms with van der Waals surface area (Å²) in [5.41, 5.74) is 3.75. The SMILES string of the molecule is O=[N+]([O-])c1ccc(-n2cccc2[C@H]2[C@H](c3ccccn3)NC(=S)N2c2ccccc2)cc1. The monoisotopic (exact) mass is 441 g/mol. The van der Waals surface area contributed by atoms with Crippen molar-refractivity contribution in [3.05, 3.63) is 119 Å². The lowest BCUT2D eigenvalue weighted by molar-refractivity contribution is -0.384. The van der Waals surface area contributed by atoms with Gasteiger partial charge in [0.1, 0.15) is 6.04 Å². The third kappa shape index (κ3) is 3.50. The Labute approximate surface area is 190 Å². The molecule has 0 amide bonds. The first-order valence-corrected chi connectivity index (χ1v) is 10.5. The van der Waals surface area contributed by atoms with Crippen LogP contribution in [0.1, 0.15) is 23.5 Å². The summed E-state index contributed by atoms with van der Waals surface area (Å²) in [5, 5.41) is 15.1. The molecule has 1 aliphatic rings. The molecule has 2 aromatic heterocycles. The zero-order valence-electron chi connectivity index (χ0n) is 16.9. The summed E-state index contributed by atoms with van der Waals surface area (Å²) < 4.78 is 2.04. The largest absolute Gasteiger partial charge is 0.351 e. The number of aromatic nitrogens is 2. The van der Waals surface area contributed by atoms with Crippen LogP contribution in [-0.4, -0.2) is 19.6 Å². The van der Waals surface area contributed by atoms with Crippen molar-refractivity contribution in [1.82, 2.24) is 14.9 Å². The van der Waals surface area contributed by atoms with Crippen molar-refractivity contribution >= 4 is 28.7 Å². The van der Waals surface area contributed by atoms with Crippen LogP contribution in [0.4, 0.5) is 11.4 Å². The van der Waals surface area contributed by atoms with Gasteiger partial charge in [0.25, 0.3) is 5.69 Å². The molecular formula is C24H19N5O2S. The summed E-state index contributed by atoms with van der Waals surface area (Å²) in [6, 6.07) is 26.1. The molecule has 0 aliphatic carbocycles. The van der Waals surface area contributed by atoms with Gasteiger partial charge in [-0.25, -0.2) is 0 Å². The van der Waals surface area contributed by atoms with E-state index in [1.54, 1.807) is 18.3 Å². The molecule has 3 heterocycles. The molecule has 1 fully saturated rings. The maximum Gasteiger partial charge on any atom is 0.269 e. The summed E-state index contributed by atoms with van der Waals surface area (Å²) in [4.78, 5) is 17.4. The lowest BCUT2D eigenvalue weighted by Crippen LogP contribution is -2.30. The van der Waals surface area contributed by atoms with E-state index in [0.717, 1.165) is 22.8 Å². The quantitative estimate of drug-likeness (QED) is 0.268. The minimum Gasteiger partial charge on any atom is -0.351 e. The zero-order valence-corrected chi connectivity index (χ0v) is 17.7. The highest BCUT2D eigenvalue weighted by Gasteiger charge is 2.42. The molecule has 0 saturated carbocycles. The number of nitro groups is 1. The van der Waals surface area contributed by atoms with Gasteiger partial charge in [0.2, 0.25) is 0 Å². The Kier molecular flexibility index (Phi) is 5.12. The van der Waals surface area contributed by atoms with Gasteiger partial charge in [-0.3, -0.25) is 15.1 Å². The van der Waals surface area contributed by atoms with Crippen LogP contribution >= 0.6 is 12.2 Å². The zero-order chi connectivity index (χ0) is 22.1. The topological polar surface area (TPSA) is 76.2 Å². The molecule has 1 aliphatic heterocycles. The van der Waals surface area contributed by atoms with Crippen LogP contribution < -0.4 is 10.2 Å². The Balaban J connectivity index is 1.63. The van der Waals surface area contributed by atoms with Crippen LogP contribution in [0.2, 0.25) is 0 Å². The van der Waals surface area contributed by atoms with Gasteiger partial charge in [-0.05, 0) is 60.7 Å². The van der Waals surface area contributed by atoms with Crippen LogP contribution in [-0.2, 0) is 0 Å². The van der Waals surface area contributed by atoms with Crippen LogP contribution in [0.25, 0.3) is 5.69 Å². The number of benzene rings is 2. The maximum absolute atomic E-state index is 11.1. The first-order chi connectivity index (χ1) is 15.6. The number of rotatable bonds is 5. The van der Waals surface area contributed by atoms with Crippen LogP contribution in [0.15, 0.2) is 97.3 Å². The Hall–Kier alpha value is -4.04. The molecule has 1 saturated heterocycles. The van der Waals surface area contributed by atoms with Crippen molar-refractivity contribution in [1.29, 1.82) is 0 Å². The predicted octanol–water partition coefficient (Wildman–Crippen LogP) is 4.96. The van der Waals surface area contributed by atoms with Gasteiger partial charge in [-0.15, -0.1) is 0 Å². The van der Waals surface area contributed by atoms with Gasteiger partial charge in [-0.1, -0.05) is 24.3 Å². The molecular weight excluding hydrogens is 422 g/mol. The Morgan fingerprint density at radius 3 is 2.34 bits per heavy atom. The highest BCUT2D eigenvalue weighted by atomic mass is 32.1. The number of anilines is 1. The summed E-state index contributed by atoms with van der Waals surface area (Å²) >= 11 is 5.76. The second-order valence-electron chi connectivity index (χ2n) is 7.41. The molecule has 5 rings (SSSR count). The normalized spacial score (nSPS) is 17.9. The molecule has 0 spiro atoms. The molecule has 7 nitrogen and oxygen atoms in total. The van der Waals surface area contributed by atoms with Crippen molar-refractivity contribution in [3.63, 3.8) is 0 Å². The summed E-state index contributed by atoms with van der Waals surface area (Å²) in [6.07, 6.45) is 3.73. The predicted molar refractivity (Wildman–Crippen MR) is 127 cm³/mol. The molecule has 2 atom stereocenters.